The maximum atomic E-state index is 11.5. The second-order valence-corrected chi connectivity index (χ2v) is 4.51. The molecule has 0 aromatic heterocycles. The molecule has 0 bridgehead atoms. The first-order chi connectivity index (χ1) is 6.97. The lowest BCUT2D eigenvalue weighted by atomic mass is 9.98. The van der Waals surface area contributed by atoms with Crippen LogP contribution in [0.5, 0.6) is 0 Å². The zero-order valence-corrected chi connectivity index (χ0v) is 9.36. The van der Waals surface area contributed by atoms with Crippen LogP contribution in [-0.4, -0.2) is 16.5 Å². The number of carbonyl (C=O) groups excluding carboxylic acids is 1. The number of carbonyl (C=O) groups is 1. The lowest BCUT2D eigenvalue weighted by Gasteiger charge is -2.15. The average molecular weight is 206 g/mol. The van der Waals surface area contributed by atoms with Gasteiger partial charge in [0.2, 0.25) is 0 Å². The van der Waals surface area contributed by atoms with Gasteiger partial charge in [-0.05, 0) is 25.8 Å². The number of aliphatic hydroxyl groups is 1. The molecule has 15 heavy (non-hydrogen) atoms. The first kappa shape index (κ1) is 11.9. The summed E-state index contributed by atoms with van der Waals surface area (Å²) in [6, 6.07) is 9.92. The van der Waals surface area contributed by atoms with E-state index in [1.807, 2.05) is 30.3 Å². The van der Waals surface area contributed by atoms with Gasteiger partial charge in [-0.3, -0.25) is 4.79 Å². The van der Waals surface area contributed by atoms with Crippen molar-refractivity contribution in [2.45, 2.75) is 38.7 Å². The predicted octanol–water partition coefficient (Wildman–Crippen LogP) is 2.35. The molecule has 0 unspecified atom stereocenters. The van der Waals surface area contributed by atoms with Gasteiger partial charge in [-0.2, -0.15) is 0 Å². The molecule has 0 saturated heterocycles. The highest BCUT2D eigenvalue weighted by molar-refractivity contribution is 5.79. The molecule has 1 aromatic rings. The monoisotopic (exact) mass is 206 g/mol. The molecule has 0 atom stereocenters. The van der Waals surface area contributed by atoms with Crippen molar-refractivity contribution in [1.29, 1.82) is 0 Å². The minimum Gasteiger partial charge on any atom is -0.390 e. The molecule has 0 radical (unpaired) electrons. The second-order valence-electron chi connectivity index (χ2n) is 4.51. The van der Waals surface area contributed by atoms with Gasteiger partial charge in [-0.25, -0.2) is 0 Å². The molecule has 0 spiro atoms. The molecule has 1 N–H and O–H groups in total. The van der Waals surface area contributed by atoms with Gasteiger partial charge < -0.3 is 5.11 Å². The number of ketones is 1. The summed E-state index contributed by atoms with van der Waals surface area (Å²) in [6.07, 6.45) is 1.50. The Morgan fingerprint density at radius 1 is 1.27 bits per heavy atom. The number of hydrogen-bond acceptors (Lipinski definition) is 2. The molecule has 0 saturated carbocycles. The SMILES string of the molecule is CC(C)(O)CC(=O)CCc1ccccc1. The van der Waals surface area contributed by atoms with E-state index in [0.717, 1.165) is 6.42 Å². The van der Waals surface area contributed by atoms with Crippen molar-refractivity contribution >= 4 is 5.78 Å². The topological polar surface area (TPSA) is 37.3 Å². The van der Waals surface area contributed by atoms with Crippen LogP contribution in [0.4, 0.5) is 0 Å². The Hall–Kier alpha value is -1.15. The van der Waals surface area contributed by atoms with Crippen molar-refractivity contribution in [3.8, 4) is 0 Å². The molecule has 0 aliphatic rings. The molecule has 2 heteroatoms. The first-order valence-electron chi connectivity index (χ1n) is 5.25. The van der Waals surface area contributed by atoms with Crippen LogP contribution in [0, 0.1) is 0 Å². The largest absolute Gasteiger partial charge is 0.390 e. The van der Waals surface area contributed by atoms with Crippen LogP contribution in [0.3, 0.4) is 0 Å². The fourth-order valence-corrected chi connectivity index (χ4v) is 1.50. The molecular weight excluding hydrogens is 188 g/mol. The van der Waals surface area contributed by atoms with Gasteiger partial charge in [0.15, 0.2) is 0 Å². The standard InChI is InChI=1S/C13H18O2/c1-13(2,15)10-12(14)9-8-11-6-4-3-5-7-11/h3-7,15H,8-10H2,1-2H3. The Bertz CT molecular complexity index is 309. The summed E-state index contributed by atoms with van der Waals surface area (Å²) in [5.74, 6) is 0.117. The van der Waals surface area contributed by atoms with Gasteiger partial charge in [-0.15, -0.1) is 0 Å². The van der Waals surface area contributed by atoms with Crippen LogP contribution < -0.4 is 0 Å². The van der Waals surface area contributed by atoms with Gasteiger partial charge in [0.25, 0.3) is 0 Å². The number of hydrogen-bond donors (Lipinski definition) is 1. The zero-order chi connectivity index (χ0) is 11.3. The summed E-state index contributed by atoms with van der Waals surface area (Å²) in [5, 5.41) is 9.46. The minimum atomic E-state index is -0.881. The van der Waals surface area contributed by atoms with E-state index in [2.05, 4.69) is 0 Å². The predicted molar refractivity (Wildman–Crippen MR) is 60.7 cm³/mol. The quantitative estimate of drug-likeness (QED) is 0.803. The smallest absolute Gasteiger partial charge is 0.136 e. The van der Waals surface area contributed by atoms with E-state index in [0.29, 0.717) is 6.42 Å². The Balaban J connectivity index is 2.35. The van der Waals surface area contributed by atoms with Gasteiger partial charge in [0, 0.05) is 12.8 Å². The molecule has 0 fully saturated rings. The molecule has 1 aromatic carbocycles. The van der Waals surface area contributed by atoms with E-state index in [-0.39, 0.29) is 12.2 Å². The molecule has 0 aliphatic carbocycles. The van der Waals surface area contributed by atoms with Crippen LogP contribution in [0.1, 0.15) is 32.3 Å². The van der Waals surface area contributed by atoms with Crippen molar-refractivity contribution in [2.24, 2.45) is 0 Å². The Morgan fingerprint density at radius 2 is 1.87 bits per heavy atom. The molecule has 0 aliphatic heterocycles. The van der Waals surface area contributed by atoms with Crippen LogP contribution in [0.2, 0.25) is 0 Å². The van der Waals surface area contributed by atoms with Gasteiger partial charge in [0.1, 0.15) is 5.78 Å². The summed E-state index contributed by atoms with van der Waals surface area (Å²) in [5.41, 5.74) is 0.287. The third-order valence-corrected chi connectivity index (χ3v) is 2.17. The lowest BCUT2D eigenvalue weighted by molar-refractivity contribution is -0.122. The summed E-state index contributed by atoms with van der Waals surface area (Å²) < 4.78 is 0. The van der Waals surface area contributed by atoms with Crippen LogP contribution >= 0.6 is 0 Å². The molecule has 1 rings (SSSR count). The maximum absolute atomic E-state index is 11.5. The van der Waals surface area contributed by atoms with Crippen LogP contribution in [-0.2, 0) is 11.2 Å². The maximum Gasteiger partial charge on any atom is 0.136 e. The highest BCUT2D eigenvalue weighted by Gasteiger charge is 2.17. The minimum absolute atomic E-state index is 0.117. The number of benzene rings is 1. The van der Waals surface area contributed by atoms with Crippen LogP contribution in [0.25, 0.3) is 0 Å². The zero-order valence-electron chi connectivity index (χ0n) is 9.36. The fourth-order valence-electron chi connectivity index (χ4n) is 1.50. The molecule has 0 amide bonds. The number of aryl methyl sites for hydroxylation is 1. The van der Waals surface area contributed by atoms with Gasteiger partial charge >= 0.3 is 0 Å². The number of Topliss-reactive ketones (excluding diaryl/α,β-unsaturated/α-hetero) is 1. The van der Waals surface area contributed by atoms with Crippen LogP contribution in [0.15, 0.2) is 30.3 Å². The highest BCUT2D eigenvalue weighted by Crippen LogP contribution is 2.11. The van der Waals surface area contributed by atoms with Crippen molar-refractivity contribution in [3.05, 3.63) is 35.9 Å². The third-order valence-electron chi connectivity index (χ3n) is 2.17. The molecular formula is C13H18O2. The van der Waals surface area contributed by atoms with E-state index >= 15 is 0 Å². The summed E-state index contributed by atoms with van der Waals surface area (Å²) >= 11 is 0. The molecule has 82 valence electrons. The molecule has 2 nitrogen and oxygen atoms in total. The normalized spacial score (nSPS) is 11.4. The fraction of sp³-hybridized carbons (Fsp3) is 0.462. The lowest BCUT2D eigenvalue weighted by Crippen LogP contribution is -2.23. The average Bonchev–Trinajstić information content (AvgIpc) is 2.14. The summed E-state index contributed by atoms with van der Waals surface area (Å²) in [6.45, 7) is 3.32. The van der Waals surface area contributed by atoms with E-state index in [1.54, 1.807) is 13.8 Å². The van der Waals surface area contributed by atoms with E-state index in [9.17, 15) is 9.90 Å². The highest BCUT2D eigenvalue weighted by atomic mass is 16.3. The van der Waals surface area contributed by atoms with Crippen molar-refractivity contribution in [3.63, 3.8) is 0 Å². The summed E-state index contributed by atoms with van der Waals surface area (Å²) in [7, 11) is 0. The number of rotatable bonds is 5. The second kappa shape index (κ2) is 5.08. The van der Waals surface area contributed by atoms with Crippen molar-refractivity contribution in [2.75, 3.05) is 0 Å². The Labute approximate surface area is 90.9 Å². The van der Waals surface area contributed by atoms with Gasteiger partial charge in [0.05, 0.1) is 5.60 Å². The first-order valence-corrected chi connectivity index (χ1v) is 5.25. The van der Waals surface area contributed by atoms with E-state index < -0.39 is 5.60 Å². The third kappa shape index (κ3) is 5.33. The summed E-state index contributed by atoms with van der Waals surface area (Å²) in [4.78, 5) is 11.5. The Morgan fingerprint density at radius 3 is 2.40 bits per heavy atom. The van der Waals surface area contributed by atoms with Crippen molar-refractivity contribution < 1.29 is 9.90 Å². The van der Waals surface area contributed by atoms with E-state index in [1.165, 1.54) is 5.56 Å². The molecule has 0 heterocycles. The van der Waals surface area contributed by atoms with Crippen molar-refractivity contribution in [1.82, 2.24) is 0 Å². The van der Waals surface area contributed by atoms with E-state index in [4.69, 9.17) is 0 Å². The van der Waals surface area contributed by atoms with Gasteiger partial charge in [-0.1, -0.05) is 30.3 Å². The Kier molecular flexibility index (Phi) is 4.04.